The van der Waals surface area contributed by atoms with Crippen molar-refractivity contribution in [2.75, 3.05) is 0 Å². The molecule has 0 amide bonds. The molecule has 0 fully saturated rings. The Morgan fingerprint density at radius 1 is 1.67 bits per heavy atom. The monoisotopic (exact) mass is 85.0 g/mol. The van der Waals surface area contributed by atoms with Crippen LogP contribution < -0.4 is 0 Å². The van der Waals surface area contributed by atoms with Crippen molar-refractivity contribution in [2.45, 2.75) is 6.04 Å². The van der Waals surface area contributed by atoms with Gasteiger partial charge in [-0.1, -0.05) is 0 Å². The predicted molar refractivity (Wildman–Crippen MR) is 19.9 cm³/mol. The average Bonchev–Trinajstić information content (AvgIpc) is 2.06. The maximum Gasteiger partial charge on any atom is 0.250 e. The third-order valence-corrected chi connectivity index (χ3v) is 0.608. The molecule has 0 aromatic heterocycles. The van der Waals surface area contributed by atoms with Gasteiger partial charge in [0.15, 0.2) is 0 Å². The highest BCUT2D eigenvalue weighted by molar-refractivity contribution is 5.14. The molecule has 0 N–H and O–H groups in total. The van der Waals surface area contributed by atoms with Gasteiger partial charge in [0.2, 0.25) is 6.04 Å². The van der Waals surface area contributed by atoms with E-state index in [4.69, 9.17) is 0 Å². The molecule has 0 aliphatic heterocycles. The highest BCUT2D eigenvalue weighted by Gasteiger charge is 2.21. The Morgan fingerprint density at radius 2 is 2.17 bits per heavy atom. The van der Waals surface area contributed by atoms with Gasteiger partial charge in [0.25, 0.3) is 0 Å². The summed E-state index contributed by atoms with van der Waals surface area (Å²) in [6, 6.07) is -0.426. The van der Waals surface area contributed by atoms with Crippen LogP contribution in [-0.4, -0.2) is 11.0 Å². The zero-order chi connectivity index (χ0) is 4.57. The van der Waals surface area contributed by atoms with E-state index >= 15 is 0 Å². The van der Waals surface area contributed by atoms with Gasteiger partial charge in [-0.05, 0) is 12.2 Å². The van der Waals surface area contributed by atoms with Gasteiger partial charge in [0, 0.05) is 4.92 Å². The Hall–Kier alpha value is -0.860. The van der Waals surface area contributed by atoms with Crippen LogP contribution in [0.4, 0.5) is 0 Å². The van der Waals surface area contributed by atoms with E-state index < -0.39 is 6.04 Å². The van der Waals surface area contributed by atoms with E-state index in [2.05, 4.69) is 0 Å². The molecule has 0 aromatic carbocycles. The summed E-state index contributed by atoms with van der Waals surface area (Å²) in [4.78, 5) is 9.17. The van der Waals surface area contributed by atoms with Crippen LogP contribution in [-0.2, 0) is 0 Å². The minimum atomic E-state index is -0.426. The van der Waals surface area contributed by atoms with Gasteiger partial charge in [0.05, 0.1) is 0 Å². The summed E-state index contributed by atoms with van der Waals surface area (Å²) in [7, 11) is 0. The number of hydrogen-bond donors (Lipinski definition) is 0. The summed E-state index contributed by atoms with van der Waals surface area (Å²) in [5, 5.41) is 9.50. The van der Waals surface area contributed by atoms with Crippen LogP contribution in [0, 0.1) is 10.1 Å². The van der Waals surface area contributed by atoms with Gasteiger partial charge < -0.3 is 0 Å². The Bertz CT molecular complexity index is 101. The topological polar surface area (TPSA) is 43.1 Å². The van der Waals surface area contributed by atoms with Crippen molar-refractivity contribution in [1.29, 1.82) is 0 Å². The van der Waals surface area contributed by atoms with E-state index in [9.17, 15) is 10.1 Å². The molecule has 0 radical (unpaired) electrons. The first-order chi connectivity index (χ1) is 2.80. The van der Waals surface area contributed by atoms with E-state index in [0.29, 0.717) is 0 Å². The van der Waals surface area contributed by atoms with Crippen molar-refractivity contribution >= 4 is 0 Å². The molecular formula is C3H3NO2. The molecule has 0 atom stereocenters. The molecule has 0 heterocycles. The Balaban J connectivity index is 2.35. The van der Waals surface area contributed by atoms with Crippen LogP contribution in [0.3, 0.4) is 0 Å². The quantitative estimate of drug-likeness (QED) is 0.259. The molecule has 3 heteroatoms. The van der Waals surface area contributed by atoms with Crippen LogP contribution in [0.2, 0.25) is 0 Å². The third kappa shape index (κ3) is 0.381. The van der Waals surface area contributed by atoms with Crippen molar-refractivity contribution < 1.29 is 4.92 Å². The molecule has 1 aliphatic rings. The lowest BCUT2D eigenvalue weighted by Crippen LogP contribution is -1.99. The molecule has 32 valence electrons. The first-order valence-electron chi connectivity index (χ1n) is 1.62. The standard InChI is InChI=1S/C3H3NO2/c5-4(6)3-1-2-3/h1-3H. The van der Waals surface area contributed by atoms with E-state index in [-0.39, 0.29) is 4.92 Å². The summed E-state index contributed by atoms with van der Waals surface area (Å²) >= 11 is 0. The second kappa shape index (κ2) is 0.801. The maximum absolute atomic E-state index is 9.50. The molecule has 1 aliphatic carbocycles. The van der Waals surface area contributed by atoms with Crippen LogP contribution in [0.25, 0.3) is 0 Å². The van der Waals surface area contributed by atoms with Crippen LogP contribution in [0.5, 0.6) is 0 Å². The van der Waals surface area contributed by atoms with Gasteiger partial charge in [-0.25, -0.2) is 0 Å². The third-order valence-electron chi connectivity index (χ3n) is 0.608. The molecule has 0 saturated heterocycles. The van der Waals surface area contributed by atoms with Crippen molar-refractivity contribution in [1.82, 2.24) is 0 Å². The summed E-state index contributed by atoms with van der Waals surface area (Å²) < 4.78 is 0. The fourth-order valence-electron chi connectivity index (χ4n) is 0.190. The first-order valence-corrected chi connectivity index (χ1v) is 1.62. The van der Waals surface area contributed by atoms with Gasteiger partial charge in [0.1, 0.15) is 0 Å². The Kier molecular flexibility index (Phi) is 0.445. The highest BCUT2D eigenvalue weighted by atomic mass is 16.6. The molecule has 1 rings (SSSR count). The zero-order valence-electron chi connectivity index (χ0n) is 3.00. The molecule has 6 heavy (non-hydrogen) atoms. The van der Waals surface area contributed by atoms with E-state index in [0.717, 1.165) is 0 Å². The lowest BCUT2D eigenvalue weighted by Gasteiger charge is -1.78. The average molecular weight is 85.1 g/mol. The van der Waals surface area contributed by atoms with Crippen molar-refractivity contribution in [3.63, 3.8) is 0 Å². The second-order valence-corrected chi connectivity index (χ2v) is 1.16. The lowest BCUT2D eigenvalue weighted by atomic mass is 10.7. The number of hydrogen-bond acceptors (Lipinski definition) is 2. The normalized spacial score (nSPS) is 18.0. The van der Waals surface area contributed by atoms with Gasteiger partial charge >= 0.3 is 0 Å². The fraction of sp³-hybridized carbons (Fsp3) is 0.333. The molecular weight excluding hydrogens is 82.0 g/mol. The summed E-state index contributed by atoms with van der Waals surface area (Å²) in [5.41, 5.74) is 0. The maximum atomic E-state index is 9.50. The summed E-state index contributed by atoms with van der Waals surface area (Å²) in [6.45, 7) is 0. The largest absolute Gasteiger partial charge is 0.264 e. The highest BCUT2D eigenvalue weighted by Crippen LogP contribution is 2.06. The molecule has 0 spiro atoms. The minimum Gasteiger partial charge on any atom is -0.264 e. The number of nitrogens with zero attached hydrogens (tertiary/aromatic N) is 1. The smallest absolute Gasteiger partial charge is 0.250 e. The molecule has 0 bridgehead atoms. The number of rotatable bonds is 1. The molecule has 0 unspecified atom stereocenters. The zero-order valence-corrected chi connectivity index (χ0v) is 3.00. The van der Waals surface area contributed by atoms with E-state index in [1.54, 1.807) is 12.2 Å². The Morgan fingerprint density at radius 3 is 2.17 bits per heavy atom. The van der Waals surface area contributed by atoms with Crippen molar-refractivity contribution in [3.8, 4) is 0 Å². The van der Waals surface area contributed by atoms with Crippen LogP contribution in [0.1, 0.15) is 0 Å². The SMILES string of the molecule is O=[N+]([O-])C1C=C1. The van der Waals surface area contributed by atoms with E-state index in [1.807, 2.05) is 0 Å². The minimum absolute atomic E-state index is 0.333. The summed E-state index contributed by atoms with van der Waals surface area (Å²) in [5.74, 6) is 0. The van der Waals surface area contributed by atoms with E-state index in [1.165, 1.54) is 0 Å². The van der Waals surface area contributed by atoms with Crippen LogP contribution >= 0.6 is 0 Å². The Labute approximate surface area is 34.4 Å². The van der Waals surface area contributed by atoms with Crippen molar-refractivity contribution in [3.05, 3.63) is 22.3 Å². The second-order valence-electron chi connectivity index (χ2n) is 1.16. The first kappa shape index (κ1) is 3.33. The van der Waals surface area contributed by atoms with Gasteiger partial charge in [-0.2, -0.15) is 0 Å². The molecule has 0 saturated carbocycles. The van der Waals surface area contributed by atoms with Crippen molar-refractivity contribution in [2.24, 2.45) is 0 Å². The molecule has 3 nitrogen and oxygen atoms in total. The van der Waals surface area contributed by atoms with Crippen LogP contribution in [0.15, 0.2) is 12.2 Å². The summed E-state index contributed by atoms with van der Waals surface area (Å²) in [6.07, 6.45) is 3.08. The number of nitro groups is 1. The van der Waals surface area contributed by atoms with Gasteiger partial charge in [-0.15, -0.1) is 0 Å². The van der Waals surface area contributed by atoms with Gasteiger partial charge in [-0.3, -0.25) is 10.1 Å². The fourth-order valence-corrected chi connectivity index (χ4v) is 0.190. The lowest BCUT2D eigenvalue weighted by molar-refractivity contribution is -0.486. The predicted octanol–water partition coefficient (Wildman–Crippen LogP) is 0.201. The molecule has 0 aromatic rings.